The first-order valence-electron chi connectivity index (χ1n) is 6.36. The van der Waals surface area contributed by atoms with Gasteiger partial charge in [0.05, 0.1) is 6.61 Å². The maximum absolute atomic E-state index is 5.61. The van der Waals surface area contributed by atoms with Crippen LogP contribution in [0.25, 0.3) is 0 Å². The van der Waals surface area contributed by atoms with E-state index in [1.807, 2.05) is 25.3 Å². The molecule has 0 unspecified atom stereocenters. The van der Waals surface area contributed by atoms with Gasteiger partial charge in [-0.2, -0.15) is 0 Å². The molecule has 0 fully saturated rings. The first-order valence-corrected chi connectivity index (χ1v) is 6.36. The predicted octanol–water partition coefficient (Wildman–Crippen LogP) is 2.05. The molecule has 1 rings (SSSR count). The first-order chi connectivity index (χ1) is 8.33. The lowest BCUT2D eigenvalue weighted by atomic mass is 10.3. The lowest BCUT2D eigenvalue weighted by molar-refractivity contribution is 0.339. The number of ether oxygens (including phenoxy) is 1. The van der Waals surface area contributed by atoms with Crippen LogP contribution in [-0.4, -0.2) is 31.2 Å². The maximum atomic E-state index is 5.61. The van der Waals surface area contributed by atoms with Crippen LogP contribution in [0.15, 0.2) is 18.3 Å². The third-order valence-electron chi connectivity index (χ3n) is 2.48. The number of nitrogens with zero attached hydrogens (tertiary/aromatic N) is 2. The topological polar surface area (TPSA) is 51.4 Å². The first kappa shape index (κ1) is 13.8. The van der Waals surface area contributed by atoms with Gasteiger partial charge in [0.15, 0.2) is 11.6 Å². The van der Waals surface area contributed by atoms with Gasteiger partial charge in [-0.05, 0) is 38.4 Å². The third kappa shape index (κ3) is 4.23. The van der Waals surface area contributed by atoms with Crippen molar-refractivity contribution in [1.82, 2.24) is 4.98 Å². The highest BCUT2D eigenvalue weighted by Crippen LogP contribution is 2.25. The zero-order chi connectivity index (χ0) is 12.5. The van der Waals surface area contributed by atoms with E-state index in [4.69, 9.17) is 10.5 Å². The average Bonchev–Trinajstić information content (AvgIpc) is 2.36. The molecule has 17 heavy (non-hydrogen) atoms. The zero-order valence-corrected chi connectivity index (χ0v) is 10.9. The summed E-state index contributed by atoms with van der Waals surface area (Å²) >= 11 is 0. The molecule has 0 bridgehead atoms. The van der Waals surface area contributed by atoms with Crippen LogP contribution >= 0.6 is 0 Å². The fourth-order valence-electron chi connectivity index (χ4n) is 1.76. The summed E-state index contributed by atoms with van der Waals surface area (Å²) < 4.78 is 5.61. The van der Waals surface area contributed by atoms with E-state index in [-0.39, 0.29) is 0 Å². The molecule has 0 saturated heterocycles. The second kappa shape index (κ2) is 7.90. The molecule has 0 aliphatic carbocycles. The number of aromatic nitrogens is 1. The van der Waals surface area contributed by atoms with Crippen LogP contribution in [-0.2, 0) is 0 Å². The Morgan fingerprint density at radius 1 is 1.35 bits per heavy atom. The Morgan fingerprint density at radius 3 is 2.82 bits per heavy atom. The Kier molecular flexibility index (Phi) is 6.40. The van der Waals surface area contributed by atoms with Crippen LogP contribution in [0, 0.1) is 0 Å². The molecular formula is C13H23N3O. The van der Waals surface area contributed by atoms with Crippen molar-refractivity contribution in [2.24, 2.45) is 5.73 Å². The standard InChI is InChI=1S/C13H23N3O/c1-3-10-16(11-6-8-14)13-12(17-4-2)7-5-9-15-13/h5,7,9H,3-4,6,8,10-11,14H2,1-2H3. The number of pyridine rings is 1. The molecule has 0 aliphatic rings. The van der Waals surface area contributed by atoms with Gasteiger partial charge in [0.25, 0.3) is 0 Å². The monoisotopic (exact) mass is 237 g/mol. The van der Waals surface area contributed by atoms with Crippen molar-refractivity contribution in [3.63, 3.8) is 0 Å². The molecule has 0 saturated carbocycles. The normalized spacial score (nSPS) is 10.3. The number of nitrogens with two attached hydrogens (primary N) is 1. The van der Waals surface area contributed by atoms with E-state index in [1.165, 1.54) is 0 Å². The lowest BCUT2D eigenvalue weighted by Crippen LogP contribution is -2.28. The molecule has 1 aromatic heterocycles. The Balaban J connectivity index is 2.83. The molecule has 0 aliphatic heterocycles. The SMILES string of the molecule is CCCN(CCCN)c1ncccc1OCC. The summed E-state index contributed by atoms with van der Waals surface area (Å²) in [6.45, 7) is 7.44. The van der Waals surface area contributed by atoms with Crippen LogP contribution in [0.5, 0.6) is 5.75 Å². The minimum absolute atomic E-state index is 0.662. The summed E-state index contributed by atoms with van der Waals surface area (Å²) in [5, 5.41) is 0. The van der Waals surface area contributed by atoms with Gasteiger partial charge in [-0.3, -0.25) is 0 Å². The molecule has 4 nitrogen and oxygen atoms in total. The van der Waals surface area contributed by atoms with Crippen LogP contribution < -0.4 is 15.4 Å². The van der Waals surface area contributed by atoms with E-state index in [0.29, 0.717) is 13.2 Å². The summed E-state index contributed by atoms with van der Waals surface area (Å²) in [7, 11) is 0. The van der Waals surface area contributed by atoms with Gasteiger partial charge >= 0.3 is 0 Å². The summed E-state index contributed by atoms with van der Waals surface area (Å²) in [6, 6.07) is 3.87. The Labute approximate surface area is 104 Å². The number of anilines is 1. The molecule has 0 radical (unpaired) electrons. The fourth-order valence-corrected chi connectivity index (χ4v) is 1.76. The van der Waals surface area contributed by atoms with Crippen LogP contribution in [0.1, 0.15) is 26.7 Å². The molecule has 0 atom stereocenters. The highest BCUT2D eigenvalue weighted by molar-refractivity contribution is 5.51. The summed E-state index contributed by atoms with van der Waals surface area (Å²) in [5.41, 5.74) is 5.57. The van der Waals surface area contributed by atoms with Crippen molar-refractivity contribution in [3.8, 4) is 5.75 Å². The summed E-state index contributed by atoms with van der Waals surface area (Å²) in [5.74, 6) is 1.80. The van der Waals surface area contributed by atoms with E-state index in [2.05, 4.69) is 16.8 Å². The highest BCUT2D eigenvalue weighted by Gasteiger charge is 2.12. The summed E-state index contributed by atoms with van der Waals surface area (Å²) in [6.07, 6.45) is 3.87. The molecule has 1 aromatic rings. The minimum atomic E-state index is 0.662. The molecule has 4 heteroatoms. The van der Waals surface area contributed by atoms with Gasteiger partial charge < -0.3 is 15.4 Å². The zero-order valence-electron chi connectivity index (χ0n) is 10.9. The quantitative estimate of drug-likeness (QED) is 0.752. The van der Waals surface area contributed by atoms with Crippen LogP contribution in [0.4, 0.5) is 5.82 Å². The summed E-state index contributed by atoms with van der Waals surface area (Å²) in [4.78, 5) is 6.68. The number of rotatable bonds is 8. The van der Waals surface area contributed by atoms with E-state index >= 15 is 0 Å². The van der Waals surface area contributed by atoms with E-state index in [0.717, 1.165) is 37.5 Å². The molecule has 0 aromatic carbocycles. The van der Waals surface area contributed by atoms with Gasteiger partial charge in [0, 0.05) is 19.3 Å². The molecule has 96 valence electrons. The maximum Gasteiger partial charge on any atom is 0.171 e. The van der Waals surface area contributed by atoms with Crippen molar-refractivity contribution >= 4 is 5.82 Å². The smallest absolute Gasteiger partial charge is 0.171 e. The van der Waals surface area contributed by atoms with E-state index < -0.39 is 0 Å². The highest BCUT2D eigenvalue weighted by atomic mass is 16.5. The van der Waals surface area contributed by atoms with E-state index in [9.17, 15) is 0 Å². The van der Waals surface area contributed by atoms with Crippen LogP contribution in [0.2, 0.25) is 0 Å². The van der Waals surface area contributed by atoms with Crippen molar-refractivity contribution in [1.29, 1.82) is 0 Å². The van der Waals surface area contributed by atoms with Crippen molar-refractivity contribution < 1.29 is 4.74 Å². The van der Waals surface area contributed by atoms with Gasteiger partial charge in [-0.25, -0.2) is 4.98 Å². The average molecular weight is 237 g/mol. The van der Waals surface area contributed by atoms with Crippen molar-refractivity contribution in [2.75, 3.05) is 31.1 Å². The Morgan fingerprint density at radius 2 is 2.18 bits per heavy atom. The molecule has 0 amide bonds. The Hall–Kier alpha value is -1.29. The fraction of sp³-hybridized carbons (Fsp3) is 0.615. The minimum Gasteiger partial charge on any atom is -0.490 e. The van der Waals surface area contributed by atoms with Gasteiger partial charge in [0.2, 0.25) is 0 Å². The molecular weight excluding hydrogens is 214 g/mol. The number of hydrogen-bond donors (Lipinski definition) is 1. The largest absolute Gasteiger partial charge is 0.490 e. The third-order valence-corrected chi connectivity index (χ3v) is 2.48. The molecule has 2 N–H and O–H groups in total. The molecule has 0 spiro atoms. The van der Waals surface area contributed by atoms with Gasteiger partial charge in [-0.1, -0.05) is 6.92 Å². The second-order valence-electron chi connectivity index (χ2n) is 3.89. The lowest BCUT2D eigenvalue weighted by Gasteiger charge is -2.24. The van der Waals surface area contributed by atoms with Gasteiger partial charge in [0.1, 0.15) is 0 Å². The van der Waals surface area contributed by atoms with Crippen molar-refractivity contribution in [2.45, 2.75) is 26.7 Å². The molecule has 1 heterocycles. The van der Waals surface area contributed by atoms with Crippen molar-refractivity contribution in [3.05, 3.63) is 18.3 Å². The van der Waals surface area contributed by atoms with Gasteiger partial charge in [-0.15, -0.1) is 0 Å². The van der Waals surface area contributed by atoms with E-state index in [1.54, 1.807) is 0 Å². The number of hydrogen-bond acceptors (Lipinski definition) is 4. The predicted molar refractivity (Wildman–Crippen MR) is 71.6 cm³/mol. The Bertz CT molecular complexity index is 317. The van der Waals surface area contributed by atoms with Crippen LogP contribution in [0.3, 0.4) is 0 Å². The second-order valence-corrected chi connectivity index (χ2v) is 3.89.